The maximum atomic E-state index is 14.5. The number of nitrogens with zero attached hydrogens (tertiary/aromatic N) is 1. The maximum Gasteiger partial charge on any atom is 0.306 e. The average Bonchev–Trinajstić information content (AvgIpc) is 2.71. The molecule has 0 radical (unpaired) electrons. The van der Waals surface area contributed by atoms with Gasteiger partial charge in [0.25, 0.3) is 0 Å². The van der Waals surface area contributed by atoms with Crippen molar-refractivity contribution in [2.45, 2.75) is 53.1 Å². The number of rotatable bonds is 9. The van der Waals surface area contributed by atoms with Crippen molar-refractivity contribution < 1.29 is 18.7 Å². The first-order chi connectivity index (χ1) is 14.5. The average molecular weight is 414 g/mol. The van der Waals surface area contributed by atoms with Crippen molar-refractivity contribution in [2.24, 2.45) is 5.92 Å². The monoisotopic (exact) mass is 413 g/mol. The number of aryl methyl sites for hydroxylation is 2. The molecule has 1 aliphatic heterocycles. The molecule has 162 valence electrons. The molecule has 5 heteroatoms. The lowest BCUT2D eigenvalue weighted by atomic mass is 10.00. The Hall–Kier alpha value is -2.56. The number of carbonyl (C=O) groups is 1. The molecule has 30 heavy (non-hydrogen) atoms. The lowest BCUT2D eigenvalue weighted by Gasteiger charge is -2.34. The second-order valence-corrected chi connectivity index (χ2v) is 8.23. The number of hydrogen-bond donors (Lipinski definition) is 0. The van der Waals surface area contributed by atoms with Gasteiger partial charge >= 0.3 is 5.97 Å². The Morgan fingerprint density at radius 1 is 1.23 bits per heavy atom. The first-order valence-corrected chi connectivity index (χ1v) is 10.9. The number of esters is 1. The fourth-order valence-electron chi connectivity index (χ4n) is 3.95. The Kier molecular flexibility index (Phi) is 7.72. The molecule has 0 bridgehead atoms. The molecule has 3 rings (SSSR count). The number of halogens is 1. The van der Waals surface area contributed by atoms with Gasteiger partial charge in [-0.1, -0.05) is 38.1 Å². The van der Waals surface area contributed by atoms with Crippen LogP contribution in [0.1, 0.15) is 50.3 Å². The quantitative estimate of drug-likeness (QED) is 0.522. The van der Waals surface area contributed by atoms with E-state index in [1.165, 1.54) is 17.3 Å². The smallest absolute Gasteiger partial charge is 0.306 e. The molecule has 0 spiro atoms. The molecule has 0 aromatic heterocycles. The molecule has 0 N–H and O–H groups in total. The van der Waals surface area contributed by atoms with Crippen LogP contribution in [-0.4, -0.2) is 25.7 Å². The van der Waals surface area contributed by atoms with Crippen LogP contribution >= 0.6 is 0 Å². The molecule has 0 atom stereocenters. The summed E-state index contributed by atoms with van der Waals surface area (Å²) >= 11 is 0. The van der Waals surface area contributed by atoms with E-state index in [1.54, 1.807) is 13.0 Å². The van der Waals surface area contributed by atoms with Gasteiger partial charge in [-0.3, -0.25) is 4.79 Å². The minimum Gasteiger partial charge on any atom is -0.487 e. The lowest BCUT2D eigenvalue weighted by molar-refractivity contribution is -0.143. The largest absolute Gasteiger partial charge is 0.487 e. The van der Waals surface area contributed by atoms with Crippen molar-refractivity contribution in [1.82, 2.24) is 0 Å². The Labute approximate surface area is 179 Å². The summed E-state index contributed by atoms with van der Waals surface area (Å²) < 4.78 is 25.5. The van der Waals surface area contributed by atoms with Crippen LogP contribution in [0, 0.1) is 11.7 Å². The Morgan fingerprint density at radius 3 is 2.80 bits per heavy atom. The summed E-state index contributed by atoms with van der Waals surface area (Å²) in [6, 6.07) is 11.3. The van der Waals surface area contributed by atoms with E-state index < -0.39 is 0 Å². The molecule has 0 aliphatic carbocycles. The third-order valence-electron chi connectivity index (χ3n) is 5.27. The fraction of sp³-hybridized carbons (Fsp3) is 0.480. The molecular formula is C25H32FNO3. The number of benzene rings is 2. The third kappa shape index (κ3) is 5.74. The van der Waals surface area contributed by atoms with E-state index in [9.17, 15) is 9.18 Å². The van der Waals surface area contributed by atoms with Gasteiger partial charge in [0.2, 0.25) is 0 Å². The van der Waals surface area contributed by atoms with Crippen molar-refractivity contribution in [2.75, 3.05) is 24.6 Å². The van der Waals surface area contributed by atoms with E-state index in [1.807, 2.05) is 18.2 Å². The number of carbonyl (C=O) groups excluding carboxylic acids is 1. The highest BCUT2D eigenvalue weighted by Gasteiger charge is 2.21. The summed E-state index contributed by atoms with van der Waals surface area (Å²) in [5, 5.41) is 0. The standard InChI is InChI=1S/C25H32FNO3/c1-4-29-24(28)13-12-20-11-10-19(15-22(20)26)17-30-23-9-5-7-21-8-6-14-27(25(21)23)16-18(2)3/h5,7,9-11,15,18H,4,6,8,12-14,16-17H2,1-3H3. The van der Waals surface area contributed by atoms with Crippen molar-refractivity contribution in [3.8, 4) is 5.75 Å². The lowest BCUT2D eigenvalue weighted by Crippen LogP contribution is -2.33. The summed E-state index contributed by atoms with van der Waals surface area (Å²) in [4.78, 5) is 13.9. The van der Waals surface area contributed by atoms with Gasteiger partial charge in [0.15, 0.2) is 0 Å². The third-order valence-corrected chi connectivity index (χ3v) is 5.27. The van der Waals surface area contributed by atoms with Gasteiger partial charge < -0.3 is 14.4 Å². The van der Waals surface area contributed by atoms with Gasteiger partial charge in [-0.2, -0.15) is 0 Å². The van der Waals surface area contributed by atoms with Crippen LogP contribution in [0.3, 0.4) is 0 Å². The summed E-state index contributed by atoms with van der Waals surface area (Å²) in [7, 11) is 0. The van der Waals surface area contributed by atoms with Crippen molar-refractivity contribution in [3.05, 3.63) is 58.9 Å². The molecule has 0 saturated heterocycles. The Balaban J connectivity index is 1.67. The number of hydrogen-bond acceptors (Lipinski definition) is 4. The topological polar surface area (TPSA) is 38.8 Å². The molecule has 0 amide bonds. The first-order valence-electron chi connectivity index (χ1n) is 10.9. The zero-order valence-electron chi connectivity index (χ0n) is 18.2. The number of ether oxygens (including phenoxy) is 2. The highest BCUT2D eigenvalue weighted by molar-refractivity contribution is 5.69. The van der Waals surface area contributed by atoms with E-state index in [0.717, 1.165) is 37.2 Å². The van der Waals surface area contributed by atoms with Gasteiger partial charge in [-0.25, -0.2) is 4.39 Å². The zero-order valence-corrected chi connectivity index (χ0v) is 18.2. The summed E-state index contributed by atoms with van der Waals surface area (Å²) in [6.45, 7) is 8.90. The molecule has 0 unspecified atom stereocenters. The van der Waals surface area contributed by atoms with E-state index in [4.69, 9.17) is 9.47 Å². The van der Waals surface area contributed by atoms with E-state index in [0.29, 0.717) is 31.1 Å². The summed E-state index contributed by atoms with van der Waals surface area (Å²) in [6.07, 6.45) is 2.73. The van der Waals surface area contributed by atoms with Crippen LogP contribution in [0.2, 0.25) is 0 Å². The molecule has 1 heterocycles. The van der Waals surface area contributed by atoms with Crippen molar-refractivity contribution in [3.63, 3.8) is 0 Å². The van der Waals surface area contributed by atoms with Crippen LogP contribution in [0.5, 0.6) is 5.75 Å². The minimum atomic E-state index is -0.308. The van der Waals surface area contributed by atoms with Crippen molar-refractivity contribution in [1.29, 1.82) is 0 Å². The SMILES string of the molecule is CCOC(=O)CCc1ccc(COc2cccc3c2N(CC(C)C)CCC3)cc1F. The maximum absolute atomic E-state index is 14.5. The van der Waals surface area contributed by atoms with E-state index >= 15 is 0 Å². The van der Waals surface area contributed by atoms with Gasteiger partial charge in [-0.05, 0) is 60.9 Å². The van der Waals surface area contributed by atoms with Crippen LogP contribution in [0.25, 0.3) is 0 Å². The minimum absolute atomic E-state index is 0.183. The van der Waals surface area contributed by atoms with E-state index in [-0.39, 0.29) is 18.2 Å². The Morgan fingerprint density at radius 2 is 2.07 bits per heavy atom. The van der Waals surface area contributed by atoms with E-state index in [2.05, 4.69) is 24.8 Å². The highest BCUT2D eigenvalue weighted by atomic mass is 19.1. The fourth-order valence-corrected chi connectivity index (χ4v) is 3.95. The molecule has 4 nitrogen and oxygen atoms in total. The molecule has 2 aromatic rings. The summed E-state index contributed by atoms with van der Waals surface area (Å²) in [5.41, 5.74) is 3.80. The van der Waals surface area contributed by atoms with Crippen LogP contribution in [0.4, 0.5) is 10.1 Å². The van der Waals surface area contributed by atoms with Gasteiger partial charge in [0, 0.05) is 19.5 Å². The van der Waals surface area contributed by atoms with Gasteiger partial charge in [-0.15, -0.1) is 0 Å². The number of para-hydroxylation sites is 1. The molecule has 1 aliphatic rings. The molecule has 0 fully saturated rings. The zero-order chi connectivity index (χ0) is 21.5. The van der Waals surface area contributed by atoms with Crippen LogP contribution in [-0.2, 0) is 29.0 Å². The highest BCUT2D eigenvalue weighted by Crippen LogP contribution is 2.37. The molecule has 0 saturated carbocycles. The van der Waals surface area contributed by atoms with Gasteiger partial charge in [0.05, 0.1) is 12.3 Å². The predicted molar refractivity (Wildman–Crippen MR) is 118 cm³/mol. The first kappa shape index (κ1) is 22.1. The second kappa shape index (κ2) is 10.5. The molecular weight excluding hydrogens is 381 g/mol. The summed E-state index contributed by atoms with van der Waals surface area (Å²) in [5.74, 6) is 0.820. The van der Waals surface area contributed by atoms with Gasteiger partial charge in [0.1, 0.15) is 18.2 Å². The number of fused-ring (bicyclic) bond motifs is 1. The van der Waals surface area contributed by atoms with Crippen LogP contribution < -0.4 is 9.64 Å². The Bertz CT molecular complexity index is 865. The van der Waals surface area contributed by atoms with Crippen LogP contribution in [0.15, 0.2) is 36.4 Å². The predicted octanol–water partition coefficient (Wildman–Crippen LogP) is 5.31. The second-order valence-electron chi connectivity index (χ2n) is 8.23. The molecule has 2 aromatic carbocycles. The number of anilines is 1. The van der Waals surface area contributed by atoms with Crippen molar-refractivity contribution >= 4 is 11.7 Å². The normalized spacial score (nSPS) is 13.3.